The molecule has 0 saturated carbocycles. The van der Waals surface area contributed by atoms with Crippen LogP contribution >= 0.6 is 0 Å². The van der Waals surface area contributed by atoms with Crippen LogP contribution in [-0.2, 0) is 23.8 Å². The normalized spacial score (nSPS) is 13.2. The van der Waals surface area contributed by atoms with Gasteiger partial charge in [0.25, 0.3) is 0 Å². The maximum atomic E-state index is 12.7. The lowest BCUT2D eigenvalue weighted by molar-refractivity contribution is -0.162. The topological polar surface area (TPSA) is 61.8 Å². The minimum absolute atomic E-state index is 0.0338. The zero-order valence-corrected chi connectivity index (χ0v) is 38.9. The van der Waals surface area contributed by atoms with Crippen molar-refractivity contribution in [3.05, 3.63) is 109 Å². The van der Waals surface area contributed by atoms with Crippen LogP contribution in [0.2, 0.25) is 0 Å². The average molecular weight is 831 g/mol. The van der Waals surface area contributed by atoms with Crippen molar-refractivity contribution in [2.75, 3.05) is 19.8 Å². The smallest absolute Gasteiger partial charge is 0.306 e. The Morgan fingerprint density at radius 1 is 0.383 bits per heavy atom. The summed E-state index contributed by atoms with van der Waals surface area (Å²) < 4.78 is 17.2. The Hall–Kier alpha value is -3.44. The summed E-state index contributed by atoms with van der Waals surface area (Å²) in [5, 5.41) is 0. The largest absolute Gasteiger partial charge is 0.462 e. The number of ether oxygens (including phenoxy) is 3. The van der Waals surface area contributed by atoms with Gasteiger partial charge in [0.15, 0.2) is 6.10 Å². The number of hydrogen-bond donors (Lipinski definition) is 0. The summed E-state index contributed by atoms with van der Waals surface area (Å²) in [6.45, 7) is 7.53. The van der Waals surface area contributed by atoms with Gasteiger partial charge in [0.2, 0.25) is 0 Å². The van der Waals surface area contributed by atoms with Gasteiger partial charge in [0.05, 0.1) is 6.61 Å². The van der Waals surface area contributed by atoms with Crippen LogP contribution in [0.25, 0.3) is 0 Å². The second-order valence-electron chi connectivity index (χ2n) is 15.6. The molecule has 0 aromatic carbocycles. The number of carbonyl (C=O) groups is 2. The molecule has 0 rings (SSSR count). The molecular weight excluding hydrogens is 741 g/mol. The number of allylic oxidation sites excluding steroid dienone is 18. The fourth-order valence-corrected chi connectivity index (χ4v) is 6.19. The van der Waals surface area contributed by atoms with Gasteiger partial charge in [-0.3, -0.25) is 9.59 Å². The summed E-state index contributed by atoms with van der Waals surface area (Å²) in [6.07, 6.45) is 68.3. The zero-order valence-electron chi connectivity index (χ0n) is 38.9. The van der Waals surface area contributed by atoms with Crippen LogP contribution in [0.5, 0.6) is 0 Å². The predicted molar refractivity (Wildman–Crippen MR) is 260 cm³/mol. The summed E-state index contributed by atoms with van der Waals surface area (Å²) in [6, 6.07) is 0. The number of rotatable bonds is 43. The van der Waals surface area contributed by atoms with E-state index in [1.165, 1.54) is 70.6 Å². The molecule has 0 spiro atoms. The minimum atomic E-state index is -0.576. The molecule has 5 heteroatoms. The molecule has 340 valence electrons. The van der Waals surface area contributed by atoms with Gasteiger partial charge in [-0.05, 0) is 96.3 Å². The van der Waals surface area contributed by atoms with Crippen molar-refractivity contribution >= 4 is 11.9 Å². The van der Waals surface area contributed by atoms with Crippen LogP contribution < -0.4 is 0 Å². The second-order valence-corrected chi connectivity index (χ2v) is 15.6. The first-order valence-corrected chi connectivity index (χ1v) is 24.4. The Kier molecular flexibility index (Phi) is 47.1. The highest BCUT2D eigenvalue weighted by Gasteiger charge is 2.17. The zero-order chi connectivity index (χ0) is 43.5. The van der Waals surface area contributed by atoms with E-state index in [1.54, 1.807) is 0 Å². The van der Waals surface area contributed by atoms with Crippen LogP contribution in [0.3, 0.4) is 0 Å². The van der Waals surface area contributed by atoms with Crippen molar-refractivity contribution in [1.29, 1.82) is 0 Å². The third kappa shape index (κ3) is 47.2. The molecule has 0 amide bonds. The molecule has 0 aliphatic heterocycles. The Morgan fingerprint density at radius 3 is 1.30 bits per heavy atom. The SMILES string of the molecule is CC/C=C\C/C=C\C/C=C\C/C=C\C/C=C\C/C=C\CCC(=O)OCC(COCCCCCCCC)OC(=O)CCCCCCCC/C=C\C/C=C\C/C=C\CCCCC. The highest BCUT2D eigenvalue weighted by Crippen LogP contribution is 2.12. The van der Waals surface area contributed by atoms with E-state index in [0.29, 0.717) is 25.9 Å². The standard InChI is InChI=1S/C55H90O5/c1-4-7-10-13-16-18-20-22-24-26-28-30-32-34-36-38-40-42-45-48-54(56)59-52-53(51-58-50-47-44-15-12-9-6-3)60-55(57)49-46-43-41-39-37-35-33-31-29-27-25-23-21-19-17-14-11-8-5-2/h7,10,16-19,22-25,28-31,34,36,40,42,53H,4-6,8-9,11-15,20-21,26-27,32-33,35,37-39,41,43-52H2,1-3H3/b10-7-,18-16-,19-17-,24-22-,25-23-,30-28-,31-29-,36-34-,42-40-. The summed E-state index contributed by atoms with van der Waals surface area (Å²) in [7, 11) is 0. The van der Waals surface area contributed by atoms with Crippen LogP contribution in [0, 0.1) is 0 Å². The molecule has 5 nitrogen and oxygen atoms in total. The molecule has 0 aromatic heterocycles. The Bertz CT molecular complexity index is 1210. The fraction of sp³-hybridized carbons (Fsp3) is 0.636. The average Bonchev–Trinajstić information content (AvgIpc) is 3.25. The van der Waals surface area contributed by atoms with Crippen molar-refractivity contribution in [3.8, 4) is 0 Å². The maximum absolute atomic E-state index is 12.7. The number of hydrogen-bond acceptors (Lipinski definition) is 5. The molecule has 0 heterocycles. The molecule has 0 radical (unpaired) electrons. The van der Waals surface area contributed by atoms with Gasteiger partial charge < -0.3 is 14.2 Å². The van der Waals surface area contributed by atoms with E-state index < -0.39 is 6.10 Å². The van der Waals surface area contributed by atoms with Gasteiger partial charge in [0, 0.05) is 19.4 Å². The first kappa shape index (κ1) is 56.6. The molecule has 0 bridgehead atoms. The molecule has 0 saturated heterocycles. The van der Waals surface area contributed by atoms with E-state index in [-0.39, 0.29) is 25.2 Å². The lowest BCUT2D eigenvalue weighted by atomic mass is 10.1. The predicted octanol–water partition coefficient (Wildman–Crippen LogP) is 16.4. The molecule has 0 aliphatic rings. The van der Waals surface area contributed by atoms with Crippen molar-refractivity contribution in [2.24, 2.45) is 0 Å². The maximum Gasteiger partial charge on any atom is 0.306 e. The highest BCUT2D eigenvalue weighted by atomic mass is 16.6. The molecule has 0 aliphatic carbocycles. The van der Waals surface area contributed by atoms with Gasteiger partial charge in [-0.15, -0.1) is 0 Å². The number of esters is 2. The summed E-state index contributed by atoms with van der Waals surface area (Å²) in [5.74, 6) is -0.519. The van der Waals surface area contributed by atoms with Gasteiger partial charge in [-0.25, -0.2) is 0 Å². The Morgan fingerprint density at radius 2 is 0.783 bits per heavy atom. The van der Waals surface area contributed by atoms with E-state index in [4.69, 9.17) is 14.2 Å². The summed E-state index contributed by atoms with van der Waals surface area (Å²) in [5.41, 5.74) is 0. The summed E-state index contributed by atoms with van der Waals surface area (Å²) >= 11 is 0. The fourth-order valence-electron chi connectivity index (χ4n) is 6.19. The van der Waals surface area contributed by atoms with Crippen LogP contribution in [0.4, 0.5) is 0 Å². The highest BCUT2D eigenvalue weighted by molar-refractivity contribution is 5.70. The summed E-state index contributed by atoms with van der Waals surface area (Å²) in [4.78, 5) is 25.2. The van der Waals surface area contributed by atoms with Crippen LogP contribution in [-0.4, -0.2) is 37.9 Å². The molecule has 0 aromatic rings. The van der Waals surface area contributed by atoms with E-state index >= 15 is 0 Å². The van der Waals surface area contributed by atoms with Gasteiger partial charge in [0.1, 0.15) is 6.61 Å². The van der Waals surface area contributed by atoms with Crippen molar-refractivity contribution in [3.63, 3.8) is 0 Å². The first-order chi connectivity index (χ1) is 29.6. The lowest BCUT2D eigenvalue weighted by Gasteiger charge is -2.18. The first-order valence-electron chi connectivity index (χ1n) is 24.4. The Balaban J connectivity index is 4.26. The van der Waals surface area contributed by atoms with Crippen molar-refractivity contribution in [2.45, 2.75) is 207 Å². The third-order valence-corrected chi connectivity index (χ3v) is 9.81. The molecule has 1 unspecified atom stereocenters. The van der Waals surface area contributed by atoms with E-state index in [0.717, 1.165) is 89.9 Å². The monoisotopic (exact) mass is 831 g/mol. The molecule has 0 N–H and O–H groups in total. The van der Waals surface area contributed by atoms with Crippen molar-refractivity contribution < 1.29 is 23.8 Å². The van der Waals surface area contributed by atoms with Crippen molar-refractivity contribution in [1.82, 2.24) is 0 Å². The van der Waals surface area contributed by atoms with E-state index in [1.807, 2.05) is 6.08 Å². The number of unbranched alkanes of at least 4 members (excludes halogenated alkanes) is 14. The van der Waals surface area contributed by atoms with Gasteiger partial charge in [-0.2, -0.15) is 0 Å². The molecule has 0 fully saturated rings. The van der Waals surface area contributed by atoms with Gasteiger partial charge >= 0.3 is 11.9 Å². The molecule has 60 heavy (non-hydrogen) atoms. The minimum Gasteiger partial charge on any atom is -0.462 e. The van der Waals surface area contributed by atoms with Crippen LogP contribution in [0.15, 0.2) is 109 Å². The molecular formula is C55H90O5. The third-order valence-electron chi connectivity index (χ3n) is 9.81. The molecule has 1 atom stereocenters. The number of carbonyl (C=O) groups excluding carboxylic acids is 2. The lowest BCUT2D eigenvalue weighted by Crippen LogP contribution is -2.30. The van der Waals surface area contributed by atoms with E-state index in [2.05, 4.69) is 124 Å². The van der Waals surface area contributed by atoms with Gasteiger partial charge in [-0.1, -0.05) is 201 Å². The van der Waals surface area contributed by atoms with E-state index in [9.17, 15) is 9.59 Å². The van der Waals surface area contributed by atoms with Crippen LogP contribution in [0.1, 0.15) is 201 Å². The Labute approximate surface area is 370 Å². The quantitative estimate of drug-likeness (QED) is 0.0348. The second kappa shape index (κ2) is 49.9.